The minimum Gasteiger partial charge on any atom is -0.368 e. The van der Waals surface area contributed by atoms with Gasteiger partial charge in [0.1, 0.15) is 5.54 Å². The normalized spacial score (nSPS) is 17.7. The molecule has 0 bridgehead atoms. The number of aryl methyl sites for hydroxylation is 1. The average molecular weight is 257 g/mol. The number of benzene rings is 1. The van der Waals surface area contributed by atoms with Gasteiger partial charge in [-0.05, 0) is 45.2 Å². The van der Waals surface area contributed by atoms with Crippen molar-refractivity contribution >= 4 is 5.69 Å². The number of nitrogens with zero attached hydrogens (tertiary/aromatic N) is 2. The van der Waals surface area contributed by atoms with Crippen molar-refractivity contribution in [2.75, 3.05) is 18.0 Å². The third-order valence-electron chi connectivity index (χ3n) is 3.57. The summed E-state index contributed by atoms with van der Waals surface area (Å²) in [5.41, 5.74) is 2.19. The molecule has 0 saturated carbocycles. The fourth-order valence-corrected chi connectivity index (χ4v) is 2.91. The molecule has 1 N–H and O–H groups in total. The van der Waals surface area contributed by atoms with Crippen molar-refractivity contribution < 1.29 is 0 Å². The SMILES string of the molecule is CC(C)NC(C)(C#N)CN1CCCc2ccccc21. The Morgan fingerprint density at radius 3 is 2.84 bits per heavy atom. The first-order chi connectivity index (χ1) is 9.04. The Labute approximate surface area is 116 Å². The zero-order valence-corrected chi connectivity index (χ0v) is 12.1. The Hall–Kier alpha value is -1.53. The van der Waals surface area contributed by atoms with Crippen molar-refractivity contribution in [2.24, 2.45) is 0 Å². The molecule has 19 heavy (non-hydrogen) atoms. The summed E-state index contributed by atoms with van der Waals surface area (Å²) in [4.78, 5) is 2.34. The lowest BCUT2D eigenvalue weighted by molar-refractivity contribution is 0.400. The first-order valence-corrected chi connectivity index (χ1v) is 7.06. The Balaban J connectivity index is 2.18. The van der Waals surface area contributed by atoms with Crippen LogP contribution in [0.5, 0.6) is 0 Å². The van der Waals surface area contributed by atoms with Crippen LogP contribution in [0, 0.1) is 11.3 Å². The van der Waals surface area contributed by atoms with Gasteiger partial charge in [0.05, 0.1) is 6.07 Å². The summed E-state index contributed by atoms with van der Waals surface area (Å²) in [5, 5.41) is 12.9. The number of nitrogens with one attached hydrogen (secondary N) is 1. The Kier molecular flexibility index (Phi) is 4.11. The molecule has 0 radical (unpaired) electrons. The van der Waals surface area contributed by atoms with Gasteiger partial charge in [-0.2, -0.15) is 5.26 Å². The molecule has 3 heteroatoms. The minimum absolute atomic E-state index is 0.310. The molecule has 0 aliphatic carbocycles. The number of hydrogen-bond acceptors (Lipinski definition) is 3. The molecule has 0 fully saturated rings. The zero-order chi connectivity index (χ0) is 13.9. The molecule has 1 aliphatic rings. The second-order valence-electron chi connectivity index (χ2n) is 5.90. The monoisotopic (exact) mass is 257 g/mol. The van der Waals surface area contributed by atoms with Crippen molar-refractivity contribution in [3.05, 3.63) is 29.8 Å². The summed E-state index contributed by atoms with van der Waals surface area (Å²) in [6.07, 6.45) is 2.31. The molecule has 0 saturated heterocycles. The minimum atomic E-state index is -0.501. The fraction of sp³-hybridized carbons (Fsp3) is 0.562. The molecule has 1 heterocycles. The van der Waals surface area contributed by atoms with Crippen LogP contribution in [0.4, 0.5) is 5.69 Å². The molecule has 1 unspecified atom stereocenters. The first kappa shape index (κ1) is 13.9. The quantitative estimate of drug-likeness (QED) is 0.901. The van der Waals surface area contributed by atoms with E-state index in [1.807, 2.05) is 6.92 Å². The Bertz CT molecular complexity index is 475. The van der Waals surface area contributed by atoms with Gasteiger partial charge in [0.25, 0.3) is 0 Å². The number of para-hydroxylation sites is 1. The summed E-state index contributed by atoms with van der Waals surface area (Å²) in [6, 6.07) is 11.3. The third kappa shape index (κ3) is 3.27. The van der Waals surface area contributed by atoms with Crippen molar-refractivity contribution in [3.63, 3.8) is 0 Å². The van der Waals surface area contributed by atoms with Crippen LogP contribution in [-0.2, 0) is 6.42 Å². The highest BCUT2D eigenvalue weighted by atomic mass is 15.2. The van der Waals surface area contributed by atoms with E-state index in [0.29, 0.717) is 6.04 Å². The molecule has 1 atom stereocenters. The van der Waals surface area contributed by atoms with Gasteiger partial charge in [0, 0.05) is 24.8 Å². The molecule has 1 aromatic carbocycles. The van der Waals surface area contributed by atoms with E-state index in [9.17, 15) is 5.26 Å². The second kappa shape index (κ2) is 5.63. The van der Waals surface area contributed by atoms with Crippen molar-refractivity contribution in [1.82, 2.24) is 5.32 Å². The lowest BCUT2D eigenvalue weighted by Gasteiger charge is -2.37. The number of fused-ring (bicyclic) bond motifs is 1. The topological polar surface area (TPSA) is 39.1 Å². The number of rotatable bonds is 4. The molecule has 1 aliphatic heterocycles. The van der Waals surface area contributed by atoms with Crippen LogP contribution >= 0.6 is 0 Å². The van der Waals surface area contributed by atoms with Gasteiger partial charge in [-0.3, -0.25) is 5.32 Å². The van der Waals surface area contributed by atoms with Gasteiger partial charge in [0.15, 0.2) is 0 Å². The van der Waals surface area contributed by atoms with Gasteiger partial charge < -0.3 is 4.90 Å². The van der Waals surface area contributed by atoms with Crippen molar-refractivity contribution in [2.45, 2.75) is 45.2 Å². The summed E-state index contributed by atoms with van der Waals surface area (Å²) in [5.74, 6) is 0. The standard InChI is InChI=1S/C16H23N3/c1-13(2)18-16(3,11-17)12-19-10-6-8-14-7-4-5-9-15(14)19/h4-5,7,9,13,18H,6,8,10,12H2,1-3H3. The van der Waals surface area contributed by atoms with Crippen LogP contribution in [0.25, 0.3) is 0 Å². The molecular weight excluding hydrogens is 234 g/mol. The largest absolute Gasteiger partial charge is 0.368 e. The van der Waals surface area contributed by atoms with Gasteiger partial charge in [0.2, 0.25) is 0 Å². The van der Waals surface area contributed by atoms with E-state index in [0.717, 1.165) is 19.5 Å². The number of nitriles is 1. The average Bonchev–Trinajstić information content (AvgIpc) is 2.38. The summed E-state index contributed by atoms with van der Waals surface area (Å²) >= 11 is 0. The van der Waals surface area contributed by atoms with Crippen LogP contribution < -0.4 is 10.2 Å². The van der Waals surface area contributed by atoms with Gasteiger partial charge in [-0.15, -0.1) is 0 Å². The summed E-state index contributed by atoms with van der Waals surface area (Å²) < 4.78 is 0. The predicted octanol–water partition coefficient (Wildman–Crippen LogP) is 2.72. The molecule has 0 spiro atoms. The predicted molar refractivity (Wildman–Crippen MR) is 79.3 cm³/mol. The van der Waals surface area contributed by atoms with Crippen LogP contribution in [0.3, 0.4) is 0 Å². The van der Waals surface area contributed by atoms with E-state index in [-0.39, 0.29) is 0 Å². The maximum atomic E-state index is 9.47. The number of hydrogen-bond donors (Lipinski definition) is 1. The Morgan fingerprint density at radius 2 is 2.16 bits per heavy atom. The number of anilines is 1. The fourth-order valence-electron chi connectivity index (χ4n) is 2.91. The van der Waals surface area contributed by atoms with Crippen LogP contribution in [0.2, 0.25) is 0 Å². The maximum absolute atomic E-state index is 9.47. The van der Waals surface area contributed by atoms with Crippen LogP contribution in [0.15, 0.2) is 24.3 Å². The van der Waals surface area contributed by atoms with Crippen LogP contribution in [-0.4, -0.2) is 24.7 Å². The Morgan fingerprint density at radius 1 is 1.42 bits per heavy atom. The maximum Gasteiger partial charge on any atom is 0.121 e. The second-order valence-corrected chi connectivity index (χ2v) is 5.90. The molecule has 0 aromatic heterocycles. The van der Waals surface area contributed by atoms with E-state index in [1.165, 1.54) is 17.7 Å². The lowest BCUT2D eigenvalue weighted by Crippen LogP contribution is -2.53. The first-order valence-electron chi connectivity index (χ1n) is 7.06. The molecule has 0 amide bonds. The van der Waals surface area contributed by atoms with E-state index >= 15 is 0 Å². The highest BCUT2D eigenvalue weighted by Gasteiger charge is 2.29. The smallest absolute Gasteiger partial charge is 0.121 e. The van der Waals surface area contributed by atoms with E-state index in [1.54, 1.807) is 0 Å². The molecule has 1 aromatic rings. The highest BCUT2D eigenvalue weighted by molar-refractivity contribution is 5.56. The highest BCUT2D eigenvalue weighted by Crippen LogP contribution is 2.27. The van der Waals surface area contributed by atoms with E-state index in [4.69, 9.17) is 0 Å². The van der Waals surface area contributed by atoms with Gasteiger partial charge >= 0.3 is 0 Å². The van der Waals surface area contributed by atoms with Gasteiger partial charge in [-0.1, -0.05) is 18.2 Å². The lowest BCUT2D eigenvalue weighted by atomic mass is 9.97. The summed E-state index contributed by atoms with van der Waals surface area (Å²) in [7, 11) is 0. The third-order valence-corrected chi connectivity index (χ3v) is 3.57. The zero-order valence-electron chi connectivity index (χ0n) is 12.1. The van der Waals surface area contributed by atoms with Crippen LogP contribution in [0.1, 0.15) is 32.8 Å². The summed E-state index contributed by atoms with van der Waals surface area (Å²) in [6.45, 7) is 7.93. The van der Waals surface area contributed by atoms with Crippen molar-refractivity contribution in [1.29, 1.82) is 5.26 Å². The molecular formula is C16H23N3. The van der Waals surface area contributed by atoms with Crippen molar-refractivity contribution in [3.8, 4) is 6.07 Å². The van der Waals surface area contributed by atoms with Gasteiger partial charge in [-0.25, -0.2) is 0 Å². The molecule has 3 nitrogen and oxygen atoms in total. The van der Waals surface area contributed by atoms with E-state index < -0.39 is 5.54 Å². The molecule has 2 rings (SSSR count). The van der Waals surface area contributed by atoms with E-state index in [2.05, 4.69) is 54.4 Å². The molecule has 102 valence electrons.